The average Bonchev–Trinajstić information content (AvgIpc) is 2.88. The number of nitrogens with one attached hydrogen (secondary N) is 1. The second-order valence-corrected chi connectivity index (χ2v) is 8.26. The summed E-state index contributed by atoms with van der Waals surface area (Å²) in [4.78, 5) is 25.1. The first-order valence-electron chi connectivity index (χ1n) is 11.4. The fraction of sp³-hybridized carbons (Fsp3) is 0.185. The highest BCUT2D eigenvalue weighted by molar-refractivity contribution is 5.92. The molecule has 0 bridgehead atoms. The molecule has 1 N–H and O–H groups in total. The first-order chi connectivity index (χ1) is 18.3. The minimum absolute atomic E-state index is 0.0103. The third-order valence-corrected chi connectivity index (χ3v) is 5.47. The molecule has 3 aromatic carbocycles. The van der Waals surface area contributed by atoms with Crippen molar-refractivity contribution in [3.8, 4) is 17.2 Å². The maximum atomic E-state index is 13.8. The van der Waals surface area contributed by atoms with Gasteiger partial charge in [0.15, 0.2) is 6.61 Å². The smallest absolute Gasteiger partial charge is 0.453 e. The summed E-state index contributed by atoms with van der Waals surface area (Å²) in [5.41, 5.74) is -1.73. The Kier molecular flexibility index (Phi) is 7.57. The zero-order valence-electron chi connectivity index (χ0n) is 20.1. The van der Waals surface area contributed by atoms with Crippen LogP contribution < -0.4 is 20.2 Å². The lowest BCUT2D eigenvalue weighted by Crippen LogP contribution is -2.20. The van der Waals surface area contributed by atoms with Gasteiger partial charge in [-0.15, -0.1) is 0 Å². The molecular weight excluding hydrogens is 532 g/mol. The molecule has 39 heavy (non-hydrogen) atoms. The van der Waals surface area contributed by atoms with Gasteiger partial charge in [0.05, 0.1) is 10.9 Å². The van der Waals surface area contributed by atoms with Gasteiger partial charge in [0.1, 0.15) is 17.1 Å². The first kappa shape index (κ1) is 27.6. The highest BCUT2D eigenvalue weighted by Crippen LogP contribution is 2.38. The summed E-state index contributed by atoms with van der Waals surface area (Å²) in [5, 5.41) is 2.00. The van der Waals surface area contributed by atoms with E-state index in [0.717, 1.165) is 35.9 Å². The van der Waals surface area contributed by atoms with Gasteiger partial charge in [-0.3, -0.25) is 9.59 Å². The highest BCUT2D eigenvalue weighted by Gasteiger charge is 2.40. The number of hydrogen-bond donors (Lipinski definition) is 1. The summed E-state index contributed by atoms with van der Waals surface area (Å²) in [6.07, 6.45) is -8.98. The lowest BCUT2D eigenvalue weighted by Gasteiger charge is -2.14. The second kappa shape index (κ2) is 10.7. The molecule has 12 heteroatoms. The molecule has 204 valence electrons. The number of fused-ring (bicyclic) bond motifs is 1. The monoisotopic (exact) mass is 551 g/mol. The normalized spacial score (nSPS) is 11.9. The van der Waals surface area contributed by atoms with Crippen LogP contribution in [-0.4, -0.2) is 12.5 Å². The van der Waals surface area contributed by atoms with Crippen molar-refractivity contribution in [1.29, 1.82) is 0 Å². The molecule has 0 aliphatic heterocycles. The number of benzene rings is 3. The van der Waals surface area contributed by atoms with Crippen LogP contribution in [0, 0.1) is 0 Å². The van der Waals surface area contributed by atoms with E-state index in [9.17, 15) is 35.9 Å². The maximum absolute atomic E-state index is 13.8. The number of amides is 1. The van der Waals surface area contributed by atoms with Crippen molar-refractivity contribution in [1.82, 2.24) is 0 Å². The van der Waals surface area contributed by atoms with Crippen LogP contribution in [0.3, 0.4) is 0 Å². The van der Waals surface area contributed by atoms with E-state index in [1.165, 1.54) is 24.3 Å². The molecule has 1 heterocycles. The number of ether oxygens (including phenoxy) is 2. The van der Waals surface area contributed by atoms with E-state index >= 15 is 0 Å². The van der Waals surface area contributed by atoms with Gasteiger partial charge < -0.3 is 19.2 Å². The molecule has 0 radical (unpaired) electrons. The van der Waals surface area contributed by atoms with Crippen LogP contribution in [0.4, 0.5) is 32.0 Å². The molecule has 0 saturated carbocycles. The van der Waals surface area contributed by atoms with E-state index in [-0.39, 0.29) is 22.6 Å². The number of carbonyl (C=O) groups excluding carboxylic acids is 1. The average molecular weight is 551 g/mol. The fourth-order valence-corrected chi connectivity index (χ4v) is 3.56. The molecule has 0 atom stereocenters. The van der Waals surface area contributed by atoms with Gasteiger partial charge in [0.2, 0.25) is 11.2 Å². The third kappa shape index (κ3) is 6.51. The summed E-state index contributed by atoms with van der Waals surface area (Å²) in [5.74, 6) is -3.63. The minimum atomic E-state index is -5.08. The first-order valence-corrected chi connectivity index (χ1v) is 11.4. The Labute approximate surface area is 216 Å². The van der Waals surface area contributed by atoms with Crippen molar-refractivity contribution in [2.75, 3.05) is 11.9 Å². The predicted molar refractivity (Wildman–Crippen MR) is 129 cm³/mol. The number of alkyl halides is 6. The summed E-state index contributed by atoms with van der Waals surface area (Å²) < 4.78 is 95.4. The number of carbonyl (C=O) groups is 1. The molecule has 0 fully saturated rings. The van der Waals surface area contributed by atoms with Gasteiger partial charge in [-0.05, 0) is 54.4 Å². The van der Waals surface area contributed by atoms with Crippen molar-refractivity contribution in [2.24, 2.45) is 0 Å². The SMILES string of the molecule is CCc1ccc(Oc2c(C(F)(F)F)oc3cc(OCC(=O)Nc4cccc(C(F)(F)F)c4)ccc3c2=O)cc1. The van der Waals surface area contributed by atoms with E-state index in [1.54, 1.807) is 12.1 Å². The molecule has 0 saturated heterocycles. The lowest BCUT2D eigenvalue weighted by atomic mass is 10.1. The van der Waals surface area contributed by atoms with Crippen LogP contribution >= 0.6 is 0 Å². The summed E-state index contributed by atoms with van der Waals surface area (Å²) in [6, 6.07) is 13.5. The zero-order valence-corrected chi connectivity index (χ0v) is 20.1. The Morgan fingerprint density at radius 2 is 1.59 bits per heavy atom. The third-order valence-electron chi connectivity index (χ3n) is 5.47. The molecule has 0 unspecified atom stereocenters. The summed E-state index contributed by atoms with van der Waals surface area (Å²) in [7, 11) is 0. The molecule has 4 aromatic rings. The van der Waals surface area contributed by atoms with Crippen molar-refractivity contribution in [3.63, 3.8) is 0 Å². The van der Waals surface area contributed by atoms with Crippen LogP contribution in [0.1, 0.15) is 23.8 Å². The van der Waals surface area contributed by atoms with Crippen LogP contribution in [0.5, 0.6) is 17.2 Å². The van der Waals surface area contributed by atoms with Crippen LogP contribution in [0.15, 0.2) is 75.9 Å². The summed E-state index contributed by atoms with van der Waals surface area (Å²) >= 11 is 0. The van der Waals surface area contributed by atoms with Crippen molar-refractivity contribution < 1.29 is 45.0 Å². The Morgan fingerprint density at radius 1 is 0.897 bits per heavy atom. The van der Waals surface area contributed by atoms with Crippen molar-refractivity contribution in [2.45, 2.75) is 25.7 Å². The number of aryl methyl sites for hydroxylation is 1. The quantitative estimate of drug-likeness (QED) is 0.246. The molecular formula is C27H19F6NO5. The maximum Gasteiger partial charge on any atom is 0.453 e. The lowest BCUT2D eigenvalue weighted by molar-refractivity contribution is -0.154. The molecule has 0 spiro atoms. The Balaban J connectivity index is 1.56. The van der Waals surface area contributed by atoms with E-state index in [4.69, 9.17) is 13.9 Å². The van der Waals surface area contributed by atoms with Crippen LogP contribution in [0.25, 0.3) is 11.0 Å². The van der Waals surface area contributed by atoms with Gasteiger partial charge in [-0.1, -0.05) is 25.1 Å². The molecule has 1 aromatic heterocycles. The predicted octanol–water partition coefficient (Wildman–Crippen LogP) is 7.20. The van der Waals surface area contributed by atoms with E-state index in [0.29, 0.717) is 6.42 Å². The van der Waals surface area contributed by atoms with Gasteiger partial charge in [0, 0.05) is 11.8 Å². The molecule has 1 amide bonds. The Morgan fingerprint density at radius 3 is 2.23 bits per heavy atom. The van der Waals surface area contributed by atoms with Crippen molar-refractivity contribution in [3.05, 3.63) is 93.8 Å². The minimum Gasteiger partial charge on any atom is -0.484 e. The largest absolute Gasteiger partial charge is 0.484 e. The molecule has 4 rings (SSSR count). The Bertz CT molecular complexity index is 1560. The second-order valence-electron chi connectivity index (χ2n) is 8.26. The standard InChI is InChI=1S/C27H19F6NO5/c1-2-15-6-8-18(9-7-15)38-24-23(36)20-11-10-19(13-21(20)39-25(24)27(31,32)33)37-14-22(35)34-17-5-3-4-16(12-17)26(28,29)30/h3-13H,2,14H2,1H3,(H,34,35). The van der Waals surface area contributed by atoms with E-state index in [2.05, 4.69) is 5.32 Å². The highest BCUT2D eigenvalue weighted by atomic mass is 19.4. The van der Waals surface area contributed by atoms with Gasteiger partial charge in [-0.25, -0.2) is 0 Å². The number of anilines is 1. The van der Waals surface area contributed by atoms with Crippen molar-refractivity contribution >= 4 is 22.6 Å². The molecule has 0 aliphatic rings. The van der Waals surface area contributed by atoms with Gasteiger partial charge in [0.25, 0.3) is 11.7 Å². The van der Waals surface area contributed by atoms with E-state index < -0.39 is 53.0 Å². The number of hydrogen-bond acceptors (Lipinski definition) is 5. The van der Waals surface area contributed by atoms with E-state index in [1.807, 2.05) is 6.92 Å². The zero-order chi connectivity index (χ0) is 28.4. The van der Waals surface area contributed by atoms with Crippen LogP contribution in [-0.2, 0) is 23.6 Å². The molecule has 0 aliphatic carbocycles. The Hall–Kier alpha value is -4.48. The number of rotatable bonds is 7. The van der Waals surface area contributed by atoms with Crippen LogP contribution in [0.2, 0.25) is 0 Å². The van der Waals surface area contributed by atoms with Gasteiger partial charge >= 0.3 is 12.4 Å². The van der Waals surface area contributed by atoms with Gasteiger partial charge in [-0.2, -0.15) is 26.3 Å². The summed E-state index contributed by atoms with van der Waals surface area (Å²) in [6.45, 7) is 1.21. The molecule has 6 nitrogen and oxygen atoms in total. The topological polar surface area (TPSA) is 77.8 Å². The fourth-order valence-electron chi connectivity index (χ4n) is 3.56. The number of halogens is 6.